The van der Waals surface area contributed by atoms with Crippen LogP contribution in [-0.2, 0) is 19.5 Å². The molecule has 2 aromatic rings. The van der Waals surface area contributed by atoms with E-state index in [1.807, 2.05) is 0 Å². The summed E-state index contributed by atoms with van der Waals surface area (Å²) in [6.07, 6.45) is 1.03. The molecule has 0 atom stereocenters. The van der Waals surface area contributed by atoms with Gasteiger partial charge in [0.25, 0.3) is 0 Å². The van der Waals surface area contributed by atoms with E-state index < -0.39 is 0 Å². The second-order valence-electron chi connectivity index (χ2n) is 6.76. The zero-order valence-electron chi connectivity index (χ0n) is 17.0. The molecule has 3 rings (SSSR count). The molecule has 2 N–H and O–H groups in total. The first-order chi connectivity index (χ1) is 13.7. The highest BCUT2D eigenvalue weighted by molar-refractivity contribution is 7.07. The van der Waals surface area contributed by atoms with Crippen LogP contribution >= 0.6 is 11.3 Å². The lowest BCUT2D eigenvalue weighted by Gasteiger charge is -2.29. The average Bonchev–Trinajstić information content (AvgIpc) is 3.24. The number of benzene rings is 1. The number of nitrogens with zero attached hydrogens (tertiary/aromatic N) is 2. The summed E-state index contributed by atoms with van der Waals surface area (Å²) in [7, 11) is 3.37. The number of hydrogen-bond donors (Lipinski definition) is 2. The fraction of sp³-hybridized carbons (Fsp3) is 0.476. The summed E-state index contributed by atoms with van der Waals surface area (Å²) in [5, 5.41) is 11.0. The number of nitrogens with one attached hydrogen (secondary N) is 2. The number of guanidine groups is 1. The Morgan fingerprint density at radius 1 is 1.18 bits per heavy atom. The van der Waals surface area contributed by atoms with Crippen molar-refractivity contribution >= 4 is 17.3 Å². The molecule has 0 bridgehead atoms. The summed E-state index contributed by atoms with van der Waals surface area (Å²) in [5.41, 5.74) is 3.92. The van der Waals surface area contributed by atoms with Crippen molar-refractivity contribution in [2.75, 3.05) is 40.4 Å². The van der Waals surface area contributed by atoms with E-state index in [2.05, 4.69) is 56.4 Å². The third-order valence-electron chi connectivity index (χ3n) is 4.86. The predicted molar refractivity (Wildman–Crippen MR) is 116 cm³/mol. The van der Waals surface area contributed by atoms with Crippen LogP contribution in [0.1, 0.15) is 23.6 Å². The average molecular weight is 403 g/mol. The fourth-order valence-electron chi connectivity index (χ4n) is 3.36. The van der Waals surface area contributed by atoms with E-state index >= 15 is 0 Å². The summed E-state index contributed by atoms with van der Waals surface area (Å²) in [6.45, 7) is 7.46. The highest BCUT2D eigenvalue weighted by atomic mass is 32.1. The van der Waals surface area contributed by atoms with Crippen LogP contribution in [0.4, 0.5) is 0 Å². The molecule has 28 heavy (non-hydrogen) atoms. The molecule has 0 fully saturated rings. The number of fused-ring (bicyclic) bond motifs is 1. The van der Waals surface area contributed by atoms with Gasteiger partial charge in [0.1, 0.15) is 0 Å². The summed E-state index contributed by atoms with van der Waals surface area (Å²) in [4.78, 5) is 7.13. The van der Waals surface area contributed by atoms with Crippen LogP contribution in [0.2, 0.25) is 0 Å². The molecule has 0 saturated carbocycles. The Bertz CT molecular complexity index is 777. The van der Waals surface area contributed by atoms with Crippen molar-refractivity contribution in [3.63, 3.8) is 0 Å². The molecule has 0 amide bonds. The maximum absolute atomic E-state index is 5.46. The normalized spacial score (nSPS) is 14.5. The first-order valence-electron chi connectivity index (χ1n) is 9.72. The molecule has 1 aromatic carbocycles. The van der Waals surface area contributed by atoms with E-state index in [4.69, 9.17) is 9.47 Å². The number of rotatable bonds is 8. The molecule has 0 saturated heterocycles. The van der Waals surface area contributed by atoms with Gasteiger partial charge in [-0.05, 0) is 59.0 Å². The van der Waals surface area contributed by atoms with Crippen molar-refractivity contribution in [3.05, 3.63) is 45.6 Å². The highest BCUT2D eigenvalue weighted by Crippen LogP contribution is 2.33. The molecule has 2 heterocycles. The van der Waals surface area contributed by atoms with Gasteiger partial charge in [-0.1, -0.05) is 0 Å². The second kappa shape index (κ2) is 10.3. The lowest BCUT2D eigenvalue weighted by molar-refractivity contribution is 0.256. The standard InChI is InChI=1S/C21H30N4O2S/c1-4-22-21(24-13-16-6-10-28-15-16)23-7-9-25-8-5-17-11-19(26-2)20(27-3)12-18(17)14-25/h6,10-12,15H,4-5,7-9,13-14H2,1-3H3,(H2,22,23,24). The summed E-state index contributed by atoms with van der Waals surface area (Å²) in [5.74, 6) is 2.49. The van der Waals surface area contributed by atoms with Gasteiger partial charge in [-0.2, -0.15) is 11.3 Å². The minimum Gasteiger partial charge on any atom is -0.493 e. The lowest BCUT2D eigenvalue weighted by Crippen LogP contribution is -2.42. The lowest BCUT2D eigenvalue weighted by atomic mass is 9.99. The Labute approximate surface area is 171 Å². The van der Waals surface area contributed by atoms with E-state index in [1.165, 1.54) is 16.7 Å². The monoisotopic (exact) mass is 402 g/mol. The van der Waals surface area contributed by atoms with Crippen molar-refractivity contribution in [2.24, 2.45) is 4.99 Å². The minimum atomic E-state index is 0.706. The maximum atomic E-state index is 5.46. The molecule has 1 aliphatic rings. The first-order valence-corrected chi connectivity index (χ1v) is 10.7. The molecule has 0 radical (unpaired) electrons. The number of thiophene rings is 1. The molecule has 1 aliphatic heterocycles. The maximum Gasteiger partial charge on any atom is 0.191 e. The first kappa shape index (κ1) is 20.5. The van der Waals surface area contributed by atoms with Gasteiger partial charge in [0.15, 0.2) is 17.5 Å². The summed E-state index contributed by atoms with van der Waals surface area (Å²) in [6, 6.07) is 6.34. The number of aliphatic imine (C=N–C) groups is 1. The van der Waals surface area contributed by atoms with Crippen molar-refractivity contribution in [3.8, 4) is 11.5 Å². The number of ether oxygens (including phenoxy) is 2. The SMILES string of the molecule is CCNC(=NCc1ccsc1)NCCN1CCc2cc(OC)c(OC)cc2C1. The van der Waals surface area contributed by atoms with E-state index in [-0.39, 0.29) is 0 Å². The van der Waals surface area contributed by atoms with Gasteiger partial charge in [0, 0.05) is 32.7 Å². The van der Waals surface area contributed by atoms with Gasteiger partial charge < -0.3 is 20.1 Å². The van der Waals surface area contributed by atoms with Crippen LogP contribution in [0, 0.1) is 0 Å². The molecule has 7 heteroatoms. The van der Waals surface area contributed by atoms with E-state index in [0.717, 1.165) is 56.6 Å². The molecule has 0 aliphatic carbocycles. The Morgan fingerprint density at radius 2 is 1.96 bits per heavy atom. The van der Waals surface area contributed by atoms with E-state index in [9.17, 15) is 0 Å². The molecule has 1 aromatic heterocycles. The Morgan fingerprint density at radius 3 is 2.64 bits per heavy atom. The third kappa shape index (κ3) is 5.39. The Balaban J connectivity index is 1.53. The molecule has 152 valence electrons. The molecular weight excluding hydrogens is 372 g/mol. The zero-order chi connectivity index (χ0) is 19.8. The summed E-state index contributed by atoms with van der Waals surface area (Å²) < 4.78 is 10.9. The van der Waals surface area contributed by atoms with Gasteiger partial charge in [-0.25, -0.2) is 4.99 Å². The van der Waals surface area contributed by atoms with E-state index in [1.54, 1.807) is 25.6 Å². The van der Waals surface area contributed by atoms with Gasteiger partial charge >= 0.3 is 0 Å². The largest absolute Gasteiger partial charge is 0.493 e. The van der Waals surface area contributed by atoms with Crippen LogP contribution < -0.4 is 20.1 Å². The van der Waals surface area contributed by atoms with Crippen molar-refractivity contribution in [1.29, 1.82) is 0 Å². The number of methoxy groups -OCH3 is 2. The van der Waals surface area contributed by atoms with Crippen LogP contribution in [0.5, 0.6) is 11.5 Å². The van der Waals surface area contributed by atoms with Gasteiger partial charge in [0.2, 0.25) is 0 Å². The van der Waals surface area contributed by atoms with Gasteiger partial charge in [0.05, 0.1) is 20.8 Å². The van der Waals surface area contributed by atoms with Crippen LogP contribution in [0.25, 0.3) is 0 Å². The van der Waals surface area contributed by atoms with Crippen LogP contribution in [-0.4, -0.2) is 51.3 Å². The molecule has 6 nitrogen and oxygen atoms in total. The zero-order valence-corrected chi connectivity index (χ0v) is 17.8. The van der Waals surface area contributed by atoms with Crippen LogP contribution in [0.15, 0.2) is 34.0 Å². The fourth-order valence-corrected chi connectivity index (χ4v) is 4.02. The third-order valence-corrected chi connectivity index (χ3v) is 5.59. The second-order valence-corrected chi connectivity index (χ2v) is 7.54. The highest BCUT2D eigenvalue weighted by Gasteiger charge is 2.19. The quantitative estimate of drug-likeness (QED) is 0.525. The number of hydrogen-bond acceptors (Lipinski definition) is 5. The van der Waals surface area contributed by atoms with E-state index in [0.29, 0.717) is 6.54 Å². The molecular formula is C21H30N4O2S. The van der Waals surface area contributed by atoms with Gasteiger partial charge in [-0.3, -0.25) is 4.90 Å². The summed E-state index contributed by atoms with van der Waals surface area (Å²) >= 11 is 1.71. The minimum absolute atomic E-state index is 0.706. The van der Waals surface area contributed by atoms with Crippen molar-refractivity contribution in [1.82, 2.24) is 15.5 Å². The topological polar surface area (TPSA) is 58.1 Å². The molecule has 0 spiro atoms. The smallest absolute Gasteiger partial charge is 0.191 e. The predicted octanol–water partition coefficient (Wildman–Crippen LogP) is 2.88. The Kier molecular flexibility index (Phi) is 7.56. The van der Waals surface area contributed by atoms with Crippen LogP contribution in [0.3, 0.4) is 0 Å². The Hall–Kier alpha value is -2.25. The van der Waals surface area contributed by atoms with Gasteiger partial charge in [-0.15, -0.1) is 0 Å². The molecule has 0 unspecified atom stereocenters. The van der Waals surface area contributed by atoms with Crippen molar-refractivity contribution < 1.29 is 9.47 Å². The van der Waals surface area contributed by atoms with Crippen molar-refractivity contribution in [2.45, 2.75) is 26.4 Å².